The quantitative estimate of drug-likeness (QED) is 0.912. The summed E-state index contributed by atoms with van der Waals surface area (Å²) in [6.07, 6.45) is -1.61. The lowest BCUT2D eigenvalue weighted by Gasteiger charge is -2.24. The second-order valence-electron chi connectivity index (χ2n) is 5.51. The number of carbonyl (C=O) groups excluding carboxylic acids is 1. The molecular weight excluding hydrogens is 308 g/mol. The van der Waals surface area contributed by atoms with Crippen molar-refractivity contribution in [2.45, 2.75) is 19.9 Å². The van der Waals surface area contributed by atoms with Crippen molar-refractivity contribution in [3.05, 3.63) is 54.6 Å². The van der Waals surface area contributed by atoms with E-state index in [0.29, 0.717) is 11.4 Å². The summed E-state index contributed by atoms with van der Waals surface area (Å²) in [5, 5.41) is 9.32. The summed E-state index contributed by atoms with van der Waals surface area (Å²) in [5.74, 6) is 0.284. The van der Waals surface area contributed by atoms with Gasteiger partial charge < -0.3 is 9.84 Å². The van der Waals surface area contributed by atoms with Gasteiger partial charge in [-0.15, -0.1) is 0 Å². The highest BCUT2D eigenvalue weighted by Gasteiger charge is 2.19. The van der Waals surface area contributed by atoms with E-state index in [1.54, 1.807) is 51.2 Å². The SMILES string of the molecule is CC(C)N(C(=O)O)c1cccc(OC(=O)N(C)c2ccccc2)c1. The van der Waals surface area contributed by atoms with Crippen LogP contribution in [0.4, 0.5) is 21.0 Å². The summed E-state index contributed by atoms with van der Waals surface area (Å²) in [5.41, 5.74) is 1.15. The molecule has 6 heteroatoms. The van der Waals surface area contributed by atoms with E-state index >= 15 is 0 Å². The number of carboxylic acid groups (broad SMARTS) is 1. The number of ether oxygens (including phenoxy) is 1. The maximum atomic E-state index is 12.2. The fourth-order valence-electron chi connectivity index (χ4n) is 2.25. The van der Waals surface area contributed by atoms with Gasteiger partial charge in [0.1, 0.15) is 5.75 Å². The molecule has 1 N–H and O–H groups in total. The highest BCUT2D eigenvalue weighted by molar-refractivity contribution is 5.89. The first-order chi connectivity index (χ1) is 11.4. The van der Waals surface area contributed by atoms with Gasteiger partial charge in [-0.1, -0.05) is 24.3 Å². The van der Waals surface area contributed by atoms with Crippen LogP contribution in [0, 0.1) is 0 Å². The number of nitrogens with zero attached hydrogens (tertiary/aromatic N) is 2. The third-order valence-corrected chi connectivity index (χ3v) is 3.44. The van der Waals surface area contributed by atoms with Crippen molar-refractivity contribution in [3.63, 3.8) is 0 Å². The highest BCUT2D eigenvalue weighted by Crippen LogP contribution is 2.24. The summed E-state index contributed by atoms with van der Waals surface area (Å²) >= 11 is 0. The van der Waals surface area contributed by atoms with Crippen LogP contribution in [0.5, 0.6) is 5.75 Å². The van der Waals surface area contributed by atoms with Crippen LogP contribution in [0.25, 0.3) is 0 Å². The van der Waals surface area contributed by atoms with Gasteiger partial charge in [0.25, 0.3) is 0 Å². The monoisotopic (exact) mass is 328 g/mol. The largest absolute Gasteiger partial charge is 0.465 e. The number of amides is 2. The van der Waals surface area contributed by atoms with Gasteiger partial charge in [-0.05, 0) is 38.1 Å². The average Bonchev–Trinajstić information content (AvgIpc) is 2.54. The summed E-state index contributed by atoms with van der Waals surface area (Å²) in [7, 11) is 1.61. The van der Waals surface area contributed by atoms with Crippen molar-refractivity contribution in [2.75, 3.05) is 16.8 Å². The van der Waals surface area contributed by atoms with E-state index in [4.69, 9.17) is 4.74 Å². The smallest absolute Gasteiger partial charge is 0.419 e. The molecule has 0 atom stereocenters. The van der Waals surface area contributed by atoms with Gasteiger partial charge in [0.2, 0.25) is 0 Å². The van der Waals surface area contributed by atoms with Crippen LogP contribution in [-0.4, -0.2) is 30.4 Å². The first-order valence-electron chi connectivity index (χ1n) is 7.53. The second-order valence-corrected chi connectivity index (χ2v) is 5.51. The molecule has 0 saturated carbocycles. The molecule has 0 bridgehead atoms. The third-order valence-electron chi connectivity index (χ3n) is 3.44. The summed E-state index contributed by atoms with van der Waals surface area (Å²) in [6, 6.07) is 15.3. The Morgan fingerprint density at radius 2 is 1.62 bits per heavy atom. The lowest BCUT2D eigenvalue weighted by Crippen LogP contribution is -2.35. The van der Waals surface area contributed by atoms with Crippen LogP contribution in [0.1, 0.15) is 13.8 Å². The van der Waals surface area contributed by atoms with Crippen molar-refractivity contribution >= 4 is 23.6 Å². The van der Waals surface area contributed by atoms with Gasteiger partial charge in [-0.2, -0.15) is 0 Å². The number of para-hydroxylation sites is 1. The molecule has 6 nitrogen and oxygen atoms in total. The number of anilines is 2. The number of rotatable bonds is 4. The maximum Gasteiger partial charge on any atom is 0.419 e. The number of benzene rings is 2. The molecule has 0 aromatic heterocycles. The van der Waals surface area contributed by atoms with Crippen LogP contribution in [0.15, 0.2) is 54.6 Å². The first kappa shape index (κ1) is 17.3. The third kappa shape index (κ3) is 4.04. The summed E-state index contributed by atoms with van der Waals surface area (Å²) in [4.78, 5) is 26.2. The average molecular weight is 328 g/mol. The second kappa shape index (κ2) is 7.50. The van der Waals surface area contributed by atoms with Crippen molar-refractivity contribution < 1.29 is 19.4 Å². The maximum absolute atomic E-state index is 12.2. The molecule has 126 valence electrons. The molecule has 0 aliphatic carbocycles. The van der Waals surface area contributed by atoms with E-state index in [9.17, 15) is 14.7 Å². The number of hydrogen-bond acceptors (Lipinski definition) is 3. The first-order valence-corrected chi connectivity index (χ1v) is 7.53. The van der Waals surface area contributed by atoms with Crippen molar-refractivity contribution in [3.8, 4) is 5.75 Å². The molecule has 0 heterocycles. The molecule has 2 aromatic rings. The molecular formula is C18H20N2O4. The molecule has 24 heavy (non-hydrogen) atoms. The Kier molecular flexibility index (Phi) is 5.42. The molecule has 2 amide bonds. The van der Waals surface area contributed by atoms with E-state index in [0.717, 1.165) is 0 Å². The van der Waals surface area contributed by atoms with Crippen LogP contribution in [0.2, 0.25) is 0 Å². The Morgan fingerprint density at radius 3 is 2.21 bits per heavy atom. The minimum Gasteiger partial charge on any atom is -0.465 e. The van der Waals surface area contributed by atoms with Crippen LogP contribution in [0.3, 0.4) is 0 Å². The Labute approximate surface area is 140 Å². The normalized spacial score (nSPS) is 10.3. The van der Waals surface area contributed by atoms with E-state index in [1.807, 2.05) is 18.2 Å². The molecule has 0 radical (unpaired) electrons. The van der Waals surface area contributed by atoms with Gasteiger partial charge in [0.15, 0.2) is 0 Å². The van der Waals surface area contributed by atoms with E-state index in [2.05, 4.69) is 0 Å². The van der Waals surface area contributed by atoms with Gasteiger partial charge >= 0.3 is 12.2 Å². The molecule has 0 spiro atoms. The molecule has 2 aromatic carbocycles. The summed E-state index contributed by atoms with van der Waals surface area (Å²) < 4.78 is 5.35. The zero-order valence-corrected chi connectivity index (χ0v) is 13.8. The van der Waals surface area contributed by atoms with Gasteiger partial charge in [0.05, 0.1) is 5.69 Å². The molecule has 0 aliphatic heterocycles. The Morgan fingerprint density at radius 1 is 1.00 bits per heavy atom. The lowest BCUT2D eigenvalue weighted by molar-refractivity contribution is 0.200. The topological polar surface area (TPSA) is 70.1 Å². The lowest BCUT2D eigenvalue weighted by atomic mass is 10.2. The predicted octanol–water partition coefficient (Wildman–Crippen LogP) is 4.21. The van der Waals surface area contributed by atoms with Crippen molar-refractivity contribution in [2.24, 2.45) is 0 Å². The van der Waals surface area contributed by atoms with Crippen molar-refractivity contribution in [1.29, 1.82) is 0 Å². The van der Waals surface area contributed by atoms with Gasteiger partial charge in [-0.3, -0.25) is 9.80 Å². The zero-order valence-electron chi connectivity index (χ0n) is 13.8. The van der Waals surface area contributed by atoms with Crippen LogP contribution in [-0.2, 0) is 0 Å². The van der Waals surface area contributed by atoms with Crippen LogP contribution >= 0.6 is 0 Å². The highest BCUT2D eigenvalue weighted by atomic mass is 16.6. The molecule has 0 aliphatic rings. The van der Waals surface area contributed by atoms with Gasteiger partial charge in [-0.25, -0.2) is 9.59 Å². The van der Waals surface area contributed by atoms with Gasteiger partial charge in [0, 0.05) is 24.8 Å². The van der Waals surface area contributed by atoms with E-state index < -0.39 is 12.2 Å². The van der Waals surface area contributed by atoms with Crippen LogP contribution < -0.4 is 14.5 Å². The Hall–Kier alpha value is -3.02. The minimum atomic E-state index is -1.06. The number of hydrogen-bond donors (Lipinski definition) is 1. The Balaban J connectivity index is 2.17. The fraction of sp³-hybridized carbons (Fsp3) is 0.222. The zero-order chi connectivity index (χ0) is 17.7. The van der Waals surface area contributed by atoms with E-state index in [1.165, 1.54) is 15.9 Å². The predicted molar refractivity (Wildman–Crippen MR) is 93.0 cm³/mol. The van der Waals surface area contributed by atoms with Crippen molar-refractivity contribution in [1.82, 2.24) is 0 Å². The summed E-state index contributed by atoms with van der Waals surface area (Å²) in [6.45, 7) is 3.55. The molecule has 0 saturated heterocycles. The van der Waals surface area contributed by atoms with E-state index in [-0.39, 0.29) is 11.8 Å². The minimum absolute atomic E-state index is 0.236. The fourth-order valence-corrected chi connectivity index (χ4v) is 2.25. The molecule has 0 fully saturated rings. The molecule has 2 rings (SSSR count). The molecule has 0 unspecified atom stereocenters. The Bertz CT molecular complexity index is 716. The standard InChI is InChI=1S/C18H20N2O4/c1-13(2)20(17(21)22)15-10-7-11-16(12-15)24-18(23)19(3)14-8-5-4-6-9-14/h4-13H,1-3H3,(H,21,22). The number of carbonyl (C=O) groups is 2.